The fourth-order valence-electron chi connectivity index (χ4n) is 9.71. The zero-order chi connectivity index (χ0) is 58.4. The minimum atomic E-state index is -1.95. The quantitative estimate of drug-likeness (QED) is 0.0408. The van der Waals surface area contributed by atoms with Crippen molar-refractivity contribution in [3.05, 3.63) is 70.8 Å². The number of carbonyl (C=O) groups is 2. The second-order valence-corrected chi connectivity index (χ2v) is 20.2. The first-order valence-corrected chi connectivity index (χ1v) is 25.8. The van der Waals surface area contributed by atoms with Crippen molar-refractivity contribution in [2.75, 3.05) is 33.0 Å². The van der Waals surface area contributed by atoms with Crippen LogP contribution in [0.3, 0.4) is 0 Å². The van der Waals surface area contributed by atoms with E-state index in [9.17, 15) is 91.3 Å². The van der Waals surface area contributed by atoms with Crippen LogP contribution in [-0.2, 0) is 47.5 Å². The van der Waals surface area contributed by atoms with E-state index in [2.05, 4.69) is 0 Å². The third-order valence-electron chi connectivity index (χ3n) is 14.6. The van der Waals surface area contributed by atoms with E-state index >= 15 is 0 Å². The highest BCUT2D eigenvalue weighted by Crippen LogP contribution is 2.36. The first kappa shape index (κ1) is 63.5. The number of ether oxygens (including phenoxy) is 10. The molecule has 0 spiro atoms. The van der Waals surface area contributed by atoms with Crippen LogP contribution in [0.15, 0.2) is 48.6 Å². The van der Waals surface area contributed by atoms with Crippen molar-refractivity contribution in [1.82, 2.24) is 0 Å². The van der Waals surface area contributed by atoms with Crippen molar-refractivity contribution < 1.29 is 139 Å². The highest BCUT2D eigenvalue weighted by molar-refractivity contribution is 6.10. The summed E-state index contributed by atoms with van der Waals surface area (Å²) in [6.07, 6.45) is -34.5. The number of aliphatic hydroxyl groups is 16. The molecule has 5 saturated heterocycles. The molecule has 80 heavy (non-hydrogen) atoms. The molecule has 28 nitrogen and oxygen atoms in total. The third-order valence-corrected chi connectivity index (χ3v) is 14.6. The molecule has 28 heteroatoms. The van der Waals surface area contributed by atoms with E-state index in [0.29, 0.717) is 22.3 Å². The maximum Gasteiger partial charge on any atom is 0.229 e. The van der Waals surface area contributed by atoms with E-state index < -0.39 is 204 Å². The Morgan fingerprint density at radius 2 is 0.750 bits per heavy atom. The van der Waals surface area contributed by atoms with Crippen LogP contribution in [0.1, 0.15) is 35.6 Å². The lowest BCUT2D eigenvalue weighted by molar-refractivity contribution is -0.376. The Balaban J connectivity index is 0.923. The molecule has 0 aromatic heterocycles. The molecule has 16 N–H and O–H groups in total. The maximum atomic E-state index is 12.9. The lowest BCUT2D eigenvalue weighted by Gasteiger charge is -2.48. The van der Waals surface area contributed by atoms with Gasteiger partial charge in [-0.15, -0.1) is 0 Å². The fraction of sp³-hybridized carbons (Fsp3) is 0.654. The van der Waals surface area contributed by atoms with Gasteiger partial charge in [-0.1, -0.05) is 31.2 Å². The smallest absolute Gasteiger partial charge is 0.229 e. The number of allylic oxidation sites excluding steroid dienone is 2. The van der Waals surface area contributed by atoms with E-state index in [1.807, 2.05) is 0 Å². The topological polar surface area (TPSA) is 450 Å². The lowest BCUT2D eigenvalue weighted by Crippen LogP contribution is -2.66. The summed E-state index contributed by atoms with van der Waals surface area (Å²) in [5.41, 5.74) is 1.94. The molecule has 7 rings (SSSR count). The Bertz CT molecular complexity index is 2410. The highest BCUT2D eigenvalue weighted by atomic mass is 16.8. The van der Waals surface area contributed by atoms with Gasteiger partial charge in [0.25, 0.3) is 0 Å². The average Bonchev–Trinajstić information content (AvgIpc) is 3.44. The molecule has 5 fully saturated rings. The Morgan fingerprint density at radius 1 is 0.425 bits per heavy atom. The molecule has 448 valence electrons. The van der Waals surface area contributed by atoms with Crippen LogP contribution in [0.5, 0.6) is 11.5 Å². The van der Waals surface area contributed by atoms with Gasteiger partial charge in [0.05, 0.1) is 45.6 Å². The van der Waals surface area contributed by atoms with Crippen molar-refractivity contribution in [1.29, 1.82) is 0 Å². The number of benzene rings is 2. The van der Waals surface area contributed by atoms with Crippen LogP contribution >= 0.6 is 0 Å². The zero-order valence-corrected chi connectivity index (χ0v) is 43.5. The number of carbonyl (C=O) groups excluding carboxylic acids is 2. The van der Waals surface area contributed by atoms with Crippen LogP contribution in [-0.4, -0.2) is 274 Å². The first-order valence-electron chi connectivity index (χ1n) is 25.8. The van der Waals surface area contributed by atoms with Crippen molar-refractivity contribution in [2.24, 2.45) is 5.92 Å². The van der Waals surface area contributed by atoms with Gasteiger partial charge in [0.1, 0.15) is 121 Å². The molecule has 2 aromatic rings. The second kappa shape index (κ2) is 28.0. The summed E-state index contributed by atoms with van der Waals surface area (Å²) in [7, 11) is 0. The third kappa shape index (κ3) is 14.3. The average molecular weight is 1150 g/mol. The summed E-state index contributed by atoms with van der Waals surface area (Å²) < 4.78 is 56.8. The lowest BCUT2D eigenvalue weighted by atomic mass is 9.90. The predicted octanol–water partition coefficient (Wildman–Crippen LogP) is -6.34. The molecule has 0 saturated carbocycles. The molecule has 5 aliphatic heterocycles. The molecule has 5 aliphatic rings. The van der Waals surface area contributed by atoms with Crippen LogP contribution in [0.25, 0.3) is 12.2 Å². The maximum absolute atomic E-state index is 12.9. The van der Waals surface area contributed by atoms with Gasteiger partial charge >= 0.3 is 0 Å². The Hall–Kier alpha value is -4.10. The molecule has 5 heterocycles. The van der Waals surface area contributed by atoms with Gasteiger partial charge in [-0.25, -0.2) is 0 Å². The molecule has 0 aliphatic carbocycles. The van der Waals surface area contributed by atoms with Gasteiger partial charge < -0.3 is 129 Å². The summed E-state index contributed by atoms with van der Waals surface area (Å²) in [6, 6.07) is 9.27. The van der Waals surface area contributed by atoms with Gasteiger partial charge in [0, 0.05) is 5.92 Å². The van der Waals surface area contributed by atoms with E-state index in [1.54, 1.807) is 38.1 Å². The first-order chi connectivity index (χ1) is 38.0. The van der Waals surface area contributed by atoms with Crippen LogP contribution < -0.4 is 9.47 Å². The predicted molar refractivity (Wildman–Crippen MR) is 265 cm³/mol. The Kier molecular flexibility index (Phi) is 22.2. The molecule has 0 radical (unpaired) electrons. The van der Waals surface area contributed by atoms with E-state index in [4.69, 9.17) is 47.4 Å². The van der Waals surface area contributed by atoms with Crippen LogP contribution in [0, 0.1) is 19.8 Å². The number of ketones is 2. The molecule has 25 atom stereocenters. The summed E-state index contributed by atoms with van der Waals surface area (Å²) in [6.45, 7) is 0.901. The van der Waals surface area contributed by atoms with Gasteiger partial charge in [-0.05, 0) is 72.5 Å². The molecule has 0 amide bonds. The van der Waals surface area contributed by atoms with Gasteiger partial charge in [-0.3, -0.25) is 9.59 Å². The summed E-state index contributed by atoms with van der Waals surface area (Å²) in [5, 5.41) is 168. The molecular formula is C52H72O28. The number of hydrogen-bond donors (Lipinski definition) is 16. The summed E-state index contributed by atoms with van der Waals surface area (Å²) in [4.78, 5) is 25.7. The molecular weight excluding hydrogens is 1070 g/mol. The molecule has 2 aromatic carbocycles. The van der Waals surface area contributed by atoms with Crippen molar-refractivity contribution in [3.63, 3.8) is 0 Å². The SMILES string of the molecule is Cc1cc(/C=C/C(=O)CC(=O)/C=C/c2ccc(O[C@@H]3O[C@H](CO)[C@@H](O)[C@H](O[C@@H]4O[C@H](CO)[C@@H](O)[C@H](O[C@@H]5O[C@H](CO)[C@@H](O)[C@H](C)[C@H]5O)[C@H]4O)[C@H]3O)c(C)c2)ccc1O[C@@H]1O[C@H](CO)[C@@H](O)[C@H](O[C@@H]2O[C@H](CO)[C@@H](O)[C@H](O)[C@H]2O)[C@H]1O. The normalized spacial score (nSPS) is 40.8. The van der Waals surface area contributed by atoms with Crippen molar-refractivity contribution in [3.8, 4) is 11.5 Å². The molecule has 0 bridgehead atoms. The number of aliphatic hydroxyl groups excluding tert-OH is 16. The van der Waals surface area contributed by atoms with E-state index in [0.717, 1.165) is 0 Å². The summed E-state index contributed by atoms with van der Waals surface area (Å²) >= 11 is 0. The monoisotopic (exact) mass is 1140 g/mol. The van der Waals surface area contributed by atoms with E-state index in [1.165, 1.54) is 43.4 Å². The van der Waals surface area contributed by atoms with Crippen LogP contribution in [0.4, 0.5) is 0 Å². The standard InChI is InChI=1S/C52H72O28/c1-20-12-23(6-10-27(20)71-50-42(68)45(37(63)31(17-55)75-50)79-49-41(67)40(66)36(62)30(16-54)74-49)4-8-25(58)14-26(59)9-5-24-7-11-28(21(2)13-24)72-51-43(69)46(38(64)32(18-56)76-51)80-52-44(70)47(39(65)33(19-57)77-52)78-48-35(61)22(3)34(60)29(15-53)73-48/h4-13,22,29-57,60-70H,14-19H2,1-3H3/b8-4+,9-5+/t22-,29+,30+,31+,32+,33+,34-,35+,36+,37+,38+,39+,40-,41+,42+,43+,44+,45-,46-,47-,48-,49-,50+,51+,52-/m0/s1. The van der Waals surface area contributed by atoms with Gasteiger partial charge in [0.2, 0.25) is 12.6 Å². The minimum absolute atomic E-state index is 0.139. The van der Waals surface area contributed by atoms with Crippen LogP contribution in [0.2, 0.25) is 0 Å². The van der Waals surface area contributed by atoms with E-state index in [-0.39, 0.29) is 11.5 Å². The number of hydrogen-bond acceptors (Lipinski definition) is 28. The van der Waals surface area contributed by atoms with Crippen molar-refractivity contribution >= 4 is 23.7 Å². The molecule has 0 unspecified atom stereocenters. The summed E-state index contributed by atoms with van der Waals surface area (Å²) in [5.74, 6) is -1.67. The number of aryl methyl sites for hydroxylation is 2. The largest absolute Gasteiger partial charge is 0.462 e. The van der Waals surface area contributed by atoms with Gasteiger partial charge in [0.15, 0.2) is 30.4 Å². The Labute approximate surface area is 457 Å². The van der Waals surface area contributed by atoms with Crippen molar-refractivity contribution in [2.45, 2.75) is 175 Å². The fourth-order valence-corrected chi connectivity index (χ4v) is 9.71. The Morgan fingerprint density at radius 3 is 1.12 bits per heavy atom. The number of rotatable bonds is 21. The second-order valence-electron chi connectivity index (χ2n) is 20.2. The highest BCUT2D eigenvalue weighted by Gasteiger charge is 2.55. The van der Waals surface area contributed by atoms with Gasteiger partial charge in [-0.2, -0.15) is 0 Å². The zero-order valence-electron chi connectivity index (χ0n) is 43.5. The minimum Gasteiger partial charge on any atom is -0.462 e.